The Hall–Kier alpha value is -1.06. The molecule has 0 unspecified atom stereocenters. The molecule has 0 radical (unpaired) electrons. The first kappa shape index (κ1) is 15.0. The lowest BCUT2D eigenvalue weighted by molar-refractivity contribution is -0.122. The van der Waals surface area contributed by atoms with Crippen molar-refractivity contribution in [2.45, 2.75) is 66.0 Å². The predicted octanol–water partition coefficient (Wildman–Crippen LogP) is 3.00. The van der Waals surface area contributed by atoms with Gasteiger partial charge in [-0.2, -0.15) is 0 Å². The molecule has 0 aromatic rings. The number of rotatable bonds is 4. The maximum atomic E-state index is 12.1. The standard InChI is InChI=1S/C14H25NO3/c1-10(2)15(12(17)18-13(4,5)6)9-14(7-8-14)11(3)16/h10H,7-9H2,1-6H3. The molecule has 1 rings (SSSR count). The monoisotopic (exact) mass is 255 g/mol. The number of hydrogen-bond donors (Lipinski definition) is 0. The van der Waals surface area contributed by atoms with Gasteiger partial charge in [0.05, 0.1) is 0 Å². The van der Waals surface area contributed by atoms with Crippen molar-refractivity contribution in [2.75, 3.05) is 6.54 Å². The second kappa shape index (κ2) is 4.90. The van der Waals surface area contributed by atoms with Gasteiger partial charge in [0.1, 0.15) is 11.4 Å². The quantitative estimate of drug-likeness (QED) is 0.775. The molecule has 1 aliphatic rings. The molecule has 0 heterocycles. The van der Waals surface area contributed by atoms with Crippen LogP contribution in [0.5, 0.6) is 0 Å². The predicted molar refractivity (Wildman–Crippen MR) is 70.4 cm³/mol. The summed E-state index contributed by atoms with van der Waals surface area (Å²) in [6.45, 7) is 11.5. The number of carbonyl (C=O) groups excluding carboxylic acids is 2. The lowest BCUT2D eigenvalue weighted by Gasteiger charge is -2.32. The van der Waals surface area contributed by atoms with Gasteiger partial charge in [0, 0.05) is 18.0 Å². The van der Waals surface area contributed by atoms with Gasteiger partial charge in [-0.1, -0.05) is 0 Å². The Bertz CT molecular complexity index is 337. The van der Waals surface area contributed by atoms with Crippen LogP contribution in [0.15, 0.2) is 0 Å². The molecule has 1 saturated carbocycles. The Balaban J connectivity index is 2.72. The molecule has 0 atom stereocenters. The summed E-state index contributed by atoms with van der Waals surface area (Å²) in [7, 11) is 0. The van der Waals surface area contributed by atoms with Crippen molar-refractivity contribution in [2.24, 2.45) is 5.41 Å². The van der Waals surface area contributed by atoms with Crippen LogP contribution in [0, 0.1) is 5.41 Å². The second-order valence-corrected chi connectivity index (χ2v) is 6.54. The molecule has 104 valence electrons. The maximum absolute atomic E-state index is 12.1. The van der Waals surface area contributed by atoms with Crippen LogP contribution in [0.2, 0.25) is 0 Å². The zero-order chi connectivity index (χ0) is 14.1. The van der Waals surface area contributed by atoms with Crippen molar-refractivity contribution < 1.29 is 14.3 Å². The lowest BCUT2D eigenvalue weighted by atomic mass is 10.0. The Morgan fingerprint density at radius 1 is 1.28 bits per heavy atom. The highest BCUT2D eigenvalue weighted by Crippen LogP contribution is 2.47. The zero-order valence-electron chi connectivity index (χ0n) is 12.4. The van der Waals surface area contributed by atoms with Gasteiger partial charge in [0.2, 0.25) is 0 Å². The minimum Gasteiger partial charge on any atom is -0.444 e. The highest BCUT2D eigenvalue weighted by Gasteiger charge is 2.49. The highest BCUT2D eigenvalue weighted by molar-refractivity contribution is 5.86. The van der Waals surface area contributed by atoms with Crippen LogP contribution < -0.4 is 0 Å². The average molecular weight is 255 g/mol. The van der Waals surface area contributed by atoms with Crippen LogP contribution in [0.3, 0.4) is 0 Å². The molecule has 0 bridgehead atoms. The summed E-state index contributed by atoms with van der Waals surface area (Å²) in [5.74, 6) is 0.178. The summed E-state index contributed by atoms with van der Waals surface area (Å²) in [6.07, 6.45) is 1.44. The van der Waals surface area contributed by atoms with Crippen LogP contribution in [-0.4, -0.2) is 35.0 Å². The first-order valence-electron chi connectivity index (χ1n) is 6.58. The minimum absolute atomic E-state index is 0.0386. The molecule has 1 fully saturated rings. The van der Waals surface area contributed by atoms with Crippen LogP contribution in [-0.2, 0) is 9.53 Å². The molecule has 1 aliphatic carbocycles. The number of hydrogen-bond acceptors (Lipinski definition) is 3. The molecule has 0 aliphatic heterocycles. The molecule has 1 amide bonds. The first-order chi connectivity index (χ1) is 8.07. The molecular weight excluding hydrogens is 230 g/mol. The van der Waals surface area contributed by atoms with Crippen molar-refractivity contribution in [3.63, 3.8) is 0 Å². The van der Waals surface area contributed by atoms with E-state index in [2.05, 4.69) is 0 Å². The van der Waals surface area contributed by atoms with Crippen LogP contribution in [0.25, 0.3) is 0 Å². The molecular formula is C14H25NO3. The van der Waals surface area contributed by atoms with E-state index >= 15 is 0 Å². The van der Waals surface area contributed by atoms with Crippen molar-refractivity contribution in [1.82, 2.24) is 4.90 Å². The molecule has 0 spiro atoms. The normalized spacial score (nSPS) is 17.5. The molecule has 18 heavy (non-hydrogen) atoms. The van der Waals surface area contributed by atoms with Crippen molar-refractivity contribution in [3.8, 4) is 0 Å². The van der Waals surface area contributed by atoms with Gasteiger partial charge in [-0.05, 0) is 54.4 Å². The van der Waals surface area contributed by atoms with Crippen LogP contribution >= 0.6 is 0 Å². The molecule has 0 aromatic carbocycles. The van der Waals surface area contributed by atoms with E-state index in [-0.39, 0.29) is 23.3 Å². The fourth-order valence-electron chi connectivity index (χ4n) is 1.88. The third-order valence-electron chi connectivity index (χ3n) is 3.32. The number of carbonyl (C=O) groups is 2. The lowest BCUT2D eigenvalue weighted by Crippen LogP contribution is -2.45. The van der Waals surface area contributed by atoms with E-state index in [9.17, 15) is 9.59 Å². The van der Waals surface area contributed by atoms with Gasteiger partial charge in [-0.15, -0.1) is 0 Å². The third-order valence-corrected chi connectivity index (χ3v) is 3.32. The Labute approximate surface area is 110 Å². The maximum Gasteiger partial charge on any atom is 0.410 e. The summed E-state index contributed by atoms with van der Waals surface area (Å²) in [5.41, 5.74) is -0.807. The largest absolute Gasteiger partial charge is 0.444 e. The smallest absolute Gasteiger partial charge is 0.410 e. The fraction of sp³-hybridized carbons (Fsp3) is 0.857. The summed E-state index contributed by atoms with van der Waals surface area (Å²) < 4.78 is 5.39. The van der Waals surface area contributed by atoms with E-state index in [0.717, 1.165) is 12.8 Å². The number of nitrogens with zero attached hydrogens (tertiary/aromatic N) is 1. The van der Waals surface area contributed by atoms with Crippen molar-refractivity contribution in [3.05, 3.63) is 0 Å². The van der Waals surface area contributed by atoms with Gasteiger partial charge in [-0.3, -0.25) is 4.79 Å². The van der Waals surface area contributed by atoms with E-state index in [0.29, 0.717) is 6.54 Å². The molecule has 4 heteroatoms. The average Bonchev–Trinajstić information content (AvgIpc) is 2.91. The Morgan fingerprint density at radius 2 is 1.78 bits per heavy atom. The van der Waals surface area contributed by atoms with Crippen molar-refractivity contribution in [1.29, 1.82) is 0 Å². The number of ether oxygens (including phenoxy) is 1. The summed E-state index contributed by atoms with van der Waals surface area (Å²) in [5, 5.41) is 0. The van der Waals surface area contributed by atoms with E-state index in [4.69, 9.17) is 4.74 Å². The van der Waals surface area contributed by atoms with Crippen molar-refractivity contribution >= 4 is 11.9 Å². The van der Waals surface area contributed by atoms with Crippen LogP contribution in [0.4, 0.5) is 4.79 Å². The van der Waals surface area contributed by atoms with E-state index in [1.807, 2.05) is 34.6 Å². The molecule has 0 saturated heterocycles. The third kappa shape index (κ3) is 3.72. The van der Waals surface area contributed by atoms with E-state index in [1.54, 1.807) is 11.8 Å². The van der Waals surface area contributed by atoms with E-state index < -0.39 is 5.60 Å². The second-order valence-electron chi connectivity index (χ2n) is 6.54. The Morgan fingerprint density at radius 3 is 2.06 bits per heavy atom. The number of amides is 1. The summed E-state index contributed by atoms with van der Waals surface area (Å²) >= 11 is 0. The zero-order valence-corrected chi connectivity index (χ0v) is 12.4. The van der Waals surface area contributed by atoms with E-state index in [1.165, 1.54) is 0 Å². The first-order valence-corrected chi connectivity index (χ1v) is 6.58. The van der Waals surface area contributed by atoms with Gasteiger partial charge in [0.25, 0.3) is 0 Å². The summed E-state index contributed by atoms with van der Waals surface area (Å²) in [6, 6.07) is 0.0386. The van der Waals surface area contributed by atoms with Gasteiger partial charge in [-0.25, -0.2) is 4.79 Å². The SMILES string of the molecule is CC(=O)C1(CN(C(=O)OC(C)(C)C)C(C)C)CC1. The van der Waals surface area contributed by atoms with Gasteiger partial charge < -0.3 is 9.64 Å². The molecule has 4 nitrogen and oxygen atoms in total. The number of Topliss-reactive ketones (excluding diaryl/α,β-unsaturated/α-hetero) is 1. The topological polar surface area (TPSA) is 46.6 Å². The Kier molecular flexibility index (Phi) is 4.08. The van der Waals surface area contributed by atoms with Gasteiger partial charge in [0.15, 0.2) is 0 Å². The molecule has 0 aromatic heterocycles. The highest BCUT2D eigenvalue weighted by atomic mass is 16.6. The molecule has 0 N–H and O–H groups in total. The van der Waals surface area contributed by atoms with Gasteiger partial charge >= 0.3 is 6.09 Å². The number of ketones is 1. The summed E-state index contributed by atoms with van der Waals surface area (Å²) in [4.78, 5) is 25.4. The fourth-order valence-corrected chi connectivity index (χ4v) is 1.88. The minimum atomic E-state index is -0.503. The van der Waals surface area contributed by atoms with Crippen LogP contribution in [0.1, 0.15) is 54.4 Å².